The number of hydrogen-bond donors (Lipinski definition) is 1. The van der Waals surface area contributed by atoms with E-state index in [-0.39, 0.29) is 11.9 Å². The van der Waals surface area contributed by atoms with Crippen molar-refractivity contribution in [1.29, 1.82) is 0 Å². The van der Waals surface area contributed by atoms with Crippen LogP contribution in [0.4, 0.5) is 4.39 Å². The molecular weight excluding hydrogens is 245 g/mol. The predicted molar refractivity (Wildman–Crippen MR) is 78.4 cm³/mol. The van der Waals surface area contributed by atoms with Gasteiger partial charge in [-0.2, -0.15) is 0 Å². The van der Waals surface area contributed by atoms with Crippen LogP contribution in [0.1, 0.15) is 32.1 Å². The van der Waals surface area contributed by atoms with Gasteiger partial charge in [0.25, 0.3) is 0 Å². The predicted octanol–water partition coefficient (Wildman–Crippen LogP) is 4.38. The van der Waals surface area contributed by atoms with Crippen molar-refractivity contribution in [3.8, 4) is 0 Å². The summed E-state index contributed by atoms with van der Waals surface area (Å²) in [4.78, 5) is 0.956. The Morgan fingerprint density at radius 2 is 2.17 bits per heavy atom. The minimum atomic E-state index is -0.182. The molecule has 0 aliphatic carbocycles. The molecule has 1 aromatic carbocycles. The van der Waals surface area contributed by atoms with Gasteiger partial charge >= 0.3 is 0 Å². The molecule has 0 amide bonds. The average Bonchev–Trinajstić information content (AvgIpc) is 2.36. The smallest absolute Gasteiger partial charge is 0.124 e. The van der Waals surface area contributed by atoms with Crippen LogP contribution < -0.4 is 5.73 Å². The van der Waals surface area contributed by atoms with Crippen molar-refractivity contribution in [2.45, 2.75) is 43.0 Å². The Kier molecular flexibility index (Phi) is 7.78. The first-order valence-electron chi connectivity index (χ1n) is 6.47. The standard InChI is InChI=1S/C15H22FNS/c1-2-3-4-5-6-9-14(17)12-18-15-10-7-8-13(16)11-15/h2,7-8,10-11,14H,1,3-6,9,12,17H2. The SMILES string of the molecule is C=CCCCCCC(N)CSc1cccc(F)c1. The van der Waals surface area contributed by atoms with E-state index in [0.29, 0.717) is 0 Å². The number of benzene rings is 1. The minimum Gasteiger partial charge on any atom is -0.327 e. The molecule has 0 spiro atoms. The molecular formula is C15H22FNS. The van der Waals surface area contributed by atoms with E-state index in [2.05, 4.69) is 6.58 Å². The topological polar surface area (TPSA) is 26.0 Å². The first kappa shape index (κ1) is 15.3. The molecule has 3 heteroatoms. The molecule has 0 bridgehead atoms. The lowest BCUT2D eigenvalue weighted by atomic mass is 10.1. The Bertz CT molecular complexity index is 354. The van der Waals surface area contributed by atoms with Crippen LogP contribution in [0.15, 0.2) is 41.8 Å². The van der Waals surface area contributed by atoms with Gasteiger partial charge in [0.1, 0.15) is 5.82 Å². The second-order valence-electron chi connectivity index (χ2n) is 4.46. The van der Waals surface area contributed by atoms with Crippen LogP contribution >= 0.6 is 11.8 Å². The quantitative estimate of drug-likeness (QED) is 0.408. The molecule has 18 heavy (non-hydrogen) atoms. The van der Waals surface area contributed by atoms with E-state index in [1.165, 1.54) is 25.3 Å². The molecule has 0 fully saturated rings. The second-order valence-corrected chi connectivity index (χ2v) is 5.55. The molecule has 1 aromatic rings. The molecule has 0 aromatic heterocycles. The van der Waals surface area contributed by atoms with Gasteiger partial charge < -0.3 is 5.73 Å². The number of rotatable bonds is 9. The zero-order valence-electron chi connectivity index (χ0n) is 10.8. The third-order valence-electron chi connectivity index (χ3n) is 2.74. The molecule has 0 aliphatic rings. The van der Waals surface area contributed by atoms with Crippen molar-refractivity contribution in [2.24, 2.45) is 5.73 Å². The molecule has 100 valence electrons. The highest BCUT2D eigenvalue weighted by Crippen LogP contribution is 2.20. The van der Waals surface area contributed by atoms with Gasteiger partial charge in [0.15, 0.2) is 0 Å². The zero-order valence-corrected chi connectivity index (χ0v) is 11.6. The van der Waals surface area contributed by atoms with Gasteiger partial charge in [-0.25, -0.2) is 4.39 Å². The monoisotopic (exact) mass is 267 g/mol. The second kappa shape index (κ2) is 9.17. The van der Waals surface area contributed by atoms with Gasteiger partial charge in [-0.3, -0.25) is 0 Å². The number of nitrogens with two attached hydrogens (primary N) is 1. The van der Waals surface area contributed by atoms with Crippen LogP contribution in [0.3, 0.4) is 0 Å². The van der Waals surface area contributed by atoms with Crippen molar-refractivity contribution in [3.63, 3.8) is 0 Å². The number of unbranched alkanes of at least 4 members (excludes halogenated alkanes) is 3. The van der Waals surface area contributed by atoms with Crippen molar-refractivity contribution >= 4 is 11.8 Å². The molecule has 1 unspecified atom stereocenters. The highest BCUT2D eigenvalue weighted by atomic mass is 32.2. The summed E-state index contributed by atoms with van der Waals surface area (Å²) in [5.74, 6) is 0.670. The lowest BCUT2D eigenvalue weighted by Gasteiger charge is -2.10. The van der Waals surface area contributed by atoms with Gasteiger partial charge in [-0.1, -0.05) is 25.0 Å². The van der Waals surface area contributed by atoms with Crippen LogP contribution in [0.25, 0.3) is 0 Å². The number of halogens is 1. The molecule has 1 nitrogen and oxygen atoms in total. The Morgan fingerprint density at radius 1 is 1.33 bits per heavy atom. The summed E-state index contributed by atoms with van der Waals surface area (Å²) in [7, 11) is 0. The summed E-state index contributed by atoms with van der Waals surface area (Å²) in [5, 5.41) is 0. The number of thioether (sulfide) groups is 1. The van der Waals surface area contributed by atoms with Gasteiger partial charge in [0.2, 0.25) is 0 Å². The minimum absolute atomic E-state index is 0.182. The number of allylic oxidation sites excluding steroid dienone is 1. The van der Waals surface area contributed by atoms with Crippen LogP contribution in [0, 0.1) is 5.82 Å². The van der Waals surface area contributed by atoms with E-state index in [1.807, 2.05) is 12.1 Å². The first-order valence-corrected chi connectivity index (χ1v) is 7.46. The highest BCUT2D eigenvalue weighted by Gasteiger charge is 2.04. The lowest BCUT2D eigenvalue weighted by Crippen LogP contribution is -2.22. The fraction of sp³-hybridized carbons (Fsp3) is 0.467. The van der Waals surface area contributed by atoms with E-state index in [9.17, 15) is 4.39 Å². The van der Waals surface area contributed by atoms with E-state index < -0.39 is 0 Å². The van der Waals surface area contributed by atoms with Gasteiger partial charge in [-0.15, -0.1) is 18.3 Å². The van der Waals surface area contributed by atoms with Crippen LogP contribution in [0.2, 0.25) is 0 Å². The van der Waals surface area contributed by atoms with Gasteiger partial charge in [0.05, 0.1) is 0 Å². The van der Waals surface area contributed by atoms with E-state index in [1.54, 1.807) is 23.9 Å². The molecule has 0 radical (unpaired) electrons. The molecule has 2 N–H and O–H groups in total. The molecule has 0 saturated carbocycles. The molecule has 1 atom stereocenters. The van der Waals surface area contributed by atoms with Gasteiger partial charge in [0, 0.05) is 16.7 Å². The highest BCUT2D eigenvalue weighted by molar-refractivity contribution is 7.99. The molecule has 1 rings (SSSR count). The fourth-order valence-electron chi connectivity index (χ4n) is 1.72. The maximum atomic E-state index is 13.0. The van der Waals surface area contributed by atoms with E-state index in [0.717, 1.165) is 23.5 Å². The molecule has 0 heterocycles. The van der Waals surface area contributed by atoms with Crippen LogP contribution in [0.5, 0.6) is 0 Å². The Balaban J connectivity index is 2.13. The normalized spacial score (nSPS) is 12.3. The average molecular weight is 267 g/mol. The fourth-order valence-corrected chi connectivity index (χ4v) is 2.66. The third-order valence-corrected chi connectivity index (χ3v) is 3.93. The largest absolute Gasteiger partial charge is 0.327 e. The molecule has 0 aliphatic heterocycles. The van der Waals surface area contributed by atoms with Gasteiger partial charge in [-0.05, 0) is 37.5 Å². The van der Waals surface area contributed by atoms with E-state index >= 15 is 0 Å². The van der Waals surface area contributed by atoms with Crippen molar-refractivity contribution < 1.29 is 4.39 Å². The summed E-state index contributed by atoms with van der Waals surface area (Å²) < 4.78 is 13.0. The summed E-state index contributed by atoms with van der Waals surface area (Å²) in [5.41, 5.74) is 6.04. The van der Waals surface area contributed by atoms with Crippen molar-refractivity contribution in [3.05, 3.63) is 42.7 Å². The third kappa shape index (κ3) is 6.82. The Morgan fingerprint density at radius 3 is 2.89 bits per heavy atom. The summed E-state index contributed by atoms with van der Waals surface area (Å²) in [6.45, 7) is 3.70. The molecule has 0 saturated heterocycles. The summed E-state index contributed by atoms with van der Waals surface area (Å²) in [6.07, 6.45) is 7.67. The summed E-state index contributed by atoms with van der Waals surface area (Å²) >= 11 is 1.63. The maximum Gasteiger partial charge on any atom is 0.124 e. The Hall–Kier alpha value is -0.800. The summed E-state index contributed by atoms with van der Waals surface area (Å²) in [6, 6.07) is 6.87. The van der Waals surface area contributed by atoms with Crippen molar-refractivity contribution in [2.75, 3.05) is 5.75 Å². The maximum absolute atomic E-state index is 13.0. The first-order chi connectivity index (χ1) is 8.72. The Labute approximate surface area is 114 Å². The van der Waals surface area contributed by atoms with Crippen molar-refractivity contribution in [1.82, 2.24) is 0 Å². The van der Waals surface area contributed by atoms with Crippen LogP contribution in [-0.4, -0.2) is 11.8 Å². The lowest BCUT2D eigenvalue weighted by molar-refractivity contribution is 0.586. The van der Waals surface area contributed by atoms with E-state index in [4.69, 9.17) is 5.73 Å². The van der Waals surface area contributed by atoms with Crippen LogP contribution in [-0.2, 0) is 0 Å². The number of hydrogen-bond acceptors (Lipinski definition) is 2. The zero-order chi connectivity index (χ0) is 13.2.